The summed E-state index contributed by atoms with van der Waals surface area (Å²) in [5.41, 5.74) is 4.63. The van der Waals surface area contributed by atoms with Crippen LogP contribution in [0.25, 0.3) is 0 Å². The molecule has 0 atom stereocenters. The molecule has 3 N–H and O–H groups in total. The smallest absolute Gasteiger partial charge is 0.333 e. The van der Waals surface area contributed by atoms with Gasteiger partial charge in [0.2, 0.25) is 4.34 Å². The fourth-order valence-corrected chi connectivity index (χ4v) is 6.83. The number of aliphatic hydroxyl groups is 1. The highest BCUT2D eigenvalue weighted by atomic mass is 32.2. The molecule has 2 aromatic rings. The average molecular weight is 434 g/mol. The summed E-state index contributed by atoms with van der Waals surface area (Å²) in [6.07, 6.45) is 9.42. The first-order chi connectivity index (χ1) is 13.9. The Bertz CT molecular complexity index is 1070. The third-order valence-corrected chi connectivity index (χ3v) is 9.21. The standard InChI is InChI=1S/C20H23N3O4S2/c24-18(22-17-14-6-1-4-12(14)10-13-5-2-7-15(13)17)23-29(26,27)19-21-11-16(28-19)20(25)8-3-9-20/h10-11,25H,1-9H2,(H2,22,23,24). The molecule has 3 aliphatic rings. The summed E-state index contributed by atoms with van der Waals surface area (Å²) in [6, 6.07) is 1.49. The van der Waals surface area contributed by atoms with E-state index in [1.807, 2.05) is 0 Å². The minimum absolute atomic E-state index is 0.202. The molecule has 154 valence electrons. The molecule has 0 bridgehead atoms. The van der Waals surface area contributed by atoms with Crippen molar-refractivity contribution in [3.05, 3.63) is 39.4 Å². The quantitative estimate of drug-likeness (QED) is 0.687. The number of nitrogens with zero attached hydrogens (tertiary/aromatic N) is 1. The van der Waals surface area contributed by atoms with E-state index in [0.717, 1.165) is 73.1 Å². The third kappa shape index (κ3) is 3.25. The largest absolute Gasteiger partial charge is 0.384 e. The molecule has 0 saturated heterocycles. The highest BCUT2D eigenvalue weighted by Gasteiger charge is 2.39. The number of urea groups is 1. The predicted molar refractivity (Wildman–Crippen MR) is 110 cm³/mol. The van der Waals surface area contributed by atoms with Crippen LogP contribution in [0.2, 0.25) is 0 Å². The van der Waals surface area contributed by atoms with Gasteiger partial charge in [0.1, 0.15) is 5.60 Å². The summed E-state index contributed by atoms with van der Waals surface area (Å²) >= 11 is 0.920. The summed E-state index contributed by atoms with van der Waals surface area (Å²) in [5.74, 6) is 0. The maximum atomic E-state index is 12.6. The summed E-state index contributed by atoms with van der Waals surface area (Å²) < 4.78 is 27.2. The molecule has 1 fully saturated rings. The summed E-state index contributed by atoms with van der Waals surface area (Å²) in [4.78, 5) is 17.1. The molecule has 0 radical (unpaired) electrons. The maximum absolute atomic E-state index is 12.6. The molecule has 1 aromatic carbocycles. The number of nitrogens with one attached hydrogen (secondary N) is 2. The van der Waals surface area contributed by atoms with Gasteiger partial charge in [-0.25, -0.2) is 14.5 Å². The van der Waals surface area contributed by atoms with Crippen molar-refractivity contribution in [1.29, 1.82) is 0 Å². The fourth-order valence-electron chi connectivity index (χ4n) is 4.63. The van der Waals surface area contributed by atoms with E-state index in [2.05, 4.69) is 21.1 Å². The Morgan fingerprint density at radius 2 is 1.72 bits per heavy atom. The van der Waals surface area contributed by atoms with Crippen LogP contribution >= 0.6 is 11.3 Å². The van der Waals surface area contributed by atoms with Gasteiger partial charge in [-0.05, 0) is 80.0 Å². The number of fused-ring (bicyclic) bond motifs is 2. The molecule has 1 aromatic heterocycles. The normalized spacial score (nSPS) is 19.3. The molecule has 0 aliphatic heterocycles. The Kier molecular flexibility index (Phi) is 4.45. The lowest BCUT2D eigenvalue weighted by atomic mass is 9.79. The van der Waals surface area contributed by atoms with Gasteiger partial charge in [0, 0.05) is 11.9 Å². The highest BCUT2D eigenvalue weighted by Crippen LogP contribution is 2.44. The average Bonchev–Trinajstić information content (AvgIpc) is 3.38. The van der Waals surface area contributed by atoms with E-state index in [1.54, 1.807) is 0 Å². The lowest BCUT2D eigenvalue weighted by Crippen LogP contribution is -2.35. The number of benzene rings is 1. The first-order valence-electron chi connectivity index (χ1n) is 10.0. The van der Waals surface area contributed by atoms with Gasteiger partial charge >= 0.3 is 6.03 Å². The molecule has 29 heavy (non-hydrogen) atoms. The molecule has 9 heteroatoms. The second-order valence-corrected chi connectivity index (χ2v) is 11.1. The number of hydrogen-bond donors (Lipinski definition) is 3. The van der Waals surface area contributed by atoms with Gasteiger partial charge in [-0.2, -0.15) is 8.42 Å². The number of thiazole rings is 1. The van der Waals surface area contributed by atoms with Crippen molar-refractivity contribution in [2.45, 2.75) is 67.7 Å². The van der Waals surface area contributed by atoms with Crippen LogP contribution in [0.1, 0.15) is 59.2 Å². The molecule has 7 nitrogen and oxygen atoms in total. The van der Waals surface area contributed by atoms with E-state index in [9.17, 15) is 18.3 Å². The zero-order valence-electron chi connectivity index (χ0n) is 16.0. The number of carbonyl (C=O) groups excluding carboxylic acids is 1. The van der Waals surface area contributed by atoms with Gasteiger partial charge in [0.15, 0.2) is 0 Å². The fraction of sp³-hybridized carbons (Fsp3) is 0.500. The molecular weight excluding hydrogens is 410 g/mol. The Labute approximate surface area is 173 Å². The number of rotatable bonds is 4. The van der Waals surface area contributed by atoms with Gasteiger partial charge in [0.05, 0.1) is 4.88 Å². The maximum Gasteiger partial charge on any atom is 0.333 e. The van der Waals surface area contributed by atoms with Gasteiger partial charge in [0.25, 0.3) is 10.0 Å². The van der Waals surface area contributed by atoms with E-state index in [4.69, 9.17) is 0 Å². The minimum atomic E-state index is -4.10. The monoisotopic (exact) mass is 433 g/mol. The number of hydrogen-bond acceptors (Lipinski definition) is 6. The van der Waals surface area contributed by atoms with Crippen LogP contribution in [0.4, 0.5) is 10.5 Å². The van der Waals surface area contributed by atoms with E-state index < -0.39 is 21.7 Å². The third-order valence-electron chi connectivity index (χ3n) is 6.29. The number of aryl methyl sites for hydroxylation is 2. The second-order valence-electron chi connectivity index (χ2n) is 8.17. The van der Waals surface area contributed by atoms with Crippen LogP contribution in [0, 0.1) is 0 Å². The van der Waals surface area contributed by atoms with Gasteiger partial charge in [-0.3, -0.25) is 0 Å². The van der Waals surface area contributed by atoms with E-state index in [1.165, 1.54) is 17.3 Å². The Morgan fingerprint density at radius 3 is 2.31 bits per heavy atom. The number of aromatic nitrogens is 1. The van der Waals surface area contributed by atoms with Gasteiger partial charge in [-0.15, -0.1) is 11.3 Å². The lowest BCUT2D eigenvalue weighted by Gasteiger charge is -2.35. The van der Waals surface area contributed by atoms with Gasteiger partial charge < -0.3 is 10.4 Å². The van der Waals surface area contributed by atoms with Crippen molar-refractivity contribution < 1.29 is 18.3 Å². The van der Waals surface area contributed by atoms with Crippen LogP contribution in [0.5, 0.6) is 0 Å². The molecule has 0 unspecified atom stereocenters. The van der Waals surface area contributed by atoms with E-state index in [0.29, 0.717) is 17.7 Å². The van der Waals surface area contributed by atoms with Crippen molar-refractivity contribution in [1.82, 2.24) is 9.71 Å². The molecule has 0 spiro atoms. The topological polar surface area (TPSA) is 108 Å². The summed E-state index contributed by atoms with van der Waals surface area (Å²) in [6.45, 7) is 0. The molecule has 1 saturated carbocycles. The molecular formula is C20H23N3O4S2. The van der Waals surface area contributed by atoms with Crippen molar-refractivity contribution in [2.75, 3.05) is 5.32 Å². The molecule has 2 amide bonds. The summed E-state index contributed by atoms with van der Waals surface area (Å²) in [7, 11) is -4.10. The van der Waals surface area contributed by atoms with Crippen molar-refractivity contribution in [2.24, 2.45) is 0 Å². The van der Waals surface area contributed by atoms with E-state index in [-0.39, 0.29) is 4.34 Å². The zero-order chi connectivity index (χ0) is 20.2. The number of carbonyl (C=O) groups is 1. The SMILES string of the molecule is O=C(Nc1c2c(cc3c1CCC3)CCC2)NS(=O)(=O)c1ncc(C2(O)CCC2)s1. The van der Waals surface area contributed by atoms with Crippen molar-refractivity contribution >= 4 is 33.1 Å². The first kappa shape index (κ1) is 19.0. The molecule has 5 rings (SSSR count). The van der Waals surface area contributed by atoms with Crippen LogP contribution in [-0.2, 0) is 41.3 Å². The Hall–Kier alpha value is -1.97. The van der Waals surface area contributed by atoms with Crippen molar-refractivity contribution in [3.63, 3.8) is 0 Å². The number of anilines is 1. The lowest BCUT2D eigenvalue weighted by molar-refractivity contribution is -0.0356. The Morgan fingerprint density at radius 1 is 1.07 bits per heavy atom. The minimum Gasteiger partial charge on any atom is -0.384 e. The second kappa shape index (κ2) is 6.78. The zero-order valence-corrected chi connectivity index (χ0v) is 17.6. The summed E-state index contributed by atoms with van der Waals surface area (Å²) in [5, 5.41) is 13.2. The van der Waals surface area contributed by atoms with Crippen LogP contribution < -0.4 is 10.0 Å². The van der Waals surface area contributed by atoms with Gasteiger partial charge in [-0.1, -0.05) is 6.07 Å². The molecule has 3 aliphatic carbocycles. The number of amides is 2. The van der Waals surface area contributed by atoms with Crippen LogP contribution in [0.3, 0.4) is 0 Å². The van der Waals surface area contributed by atoms with Crippen LogP contribution in [-0.4, -0.2) is 24.5 Å². The predicted octanol–water partition coefficient (Wildman–Crippen LogP) is 3.00. The Balaban J connectivity index is 1.36. The van der Waals surface area contributed by atoms with E-state index >= 15 is 0 Å². The number of sulfonamides is 1. The van der Waals surface area contributed by atoms with Crippen LogP contribution in [0.15, 0.2) is 16.6 Å². The van der Waals surface area contributed by atoms with Crippen molar-refractivity contribution in [3.8, 4) is 0 Å². The highest BCUT2D eigenvalue weighted by molar-refractivity contribution is 7.92. The molecule has 1 heterocycles. The first-order valence-corrected chi connectivity index (χ1v) is 12.3.